The lowest BCUT2D eigenvalue weighted by Gasteiger charge is -2.45. The molecule has 0 saturated carbocycles. The van der Waals surface area contributed by atoms with E-state index in [1.54, 1.807) is 47.8 Å². The first-order valence-electron chi connectivity index (χ1n) is 22.3. The minimum Gasteiger partial charge on any atom is -0.379 e. The van der Waals surface area contributed by atoms with Gasteiger partial charge in [0.25, 0.3) is 12.3 Å². The van der Waals surface area contributed by atoms with Crippen molar-refractivity contribution in [3.05, 3.63) is 58.2 Å². The number of rotatable bonds is 12. The molecule has 0 spiro atoms. The highest BCUT2D eigenvalue weighted by atomic mass is 32.1. The van der Waals surface area contributed by atoms with Gasteiger partial charge in [-0.15, -0.1) is 11.3 Å². The van der Waals surface area contributed by atoms with E-state index < -0.39 is 42.5 Å². The minimum atomic E-state index is -2.65. The number of benzene rings is 1. The van der Waals surface area contributed by atoms with E-state index in [2.05, 4.69) is 41.1 Å². The van der Waals surface area contributed by atoms with Crippen molar-refractivity contribution in [3.8, 4) is 11.3 Å². The van der Waals surface area contributed by atoms with E-state index in [1.807, 2.05) is 58.4 Å². The first-order chi connectivity index (χ1) is 30.4. The van der Waals surface area contributed by atoms with Crippen LogP contribution in [-0.2, 0) is 38.4 Å². The van der Waals surface area contributed by atoms with Crippen LogP contribution < -0.4 is 10.7 Å². The highest BCUT2D eigenvalue weighted by Gasteiger charge is 2.40. The molecule has 2 aromatic heterocycles. The van der Waals surface area contributed by atoms with Crippen molar-refractivity contribution in [2.75, 3.05) is 61.1 Å². The van der Waals surface area contributed by atoms with Gasteiger partial charge in [0.1, 0.15) is 12.1 Å². The first kappa shape index (κ1) is 48.9. The third kappa shape index (κ3) is 10.8. The van der Waals surface area contributed by atoms with Crippen LogP contribution in [0.2, 0.25) is 0 Å². The molecule has 3 aliphatic heterocycles. The molecular weight excluding hydrogens is 841 g/mol. The van der Waals surface area contributed by atoms with Crippen LogP contribution in [0.3, 0.4) is 0 Å². The number of hydrazine groups is 1. The Hall–Kier alpha value is -4.55. The number of likely N-dealkylation sites (N-methyl/N-ethyl adjacent to an activating group) is 2. The van der Waals surface area contributed by atoms with Crippen molar-refractivity contribution in [1.82, 2.24) is 40.0 Å². The molecule has 0 unspecified atom stereocenters. The van der Waals surface area contributed by atoms with E-state index in [0.29, 0.717) is 72.5 Å². The molecule has 350 valence electrons. The molecule has 4 amide bonds. The average molecular weight is 908 g/mol. The zero-order valence-corrected chi connectivity index (χ0v) is 39.9. The third-order valence-corrected chi connectivity index (χ3v) is 13.4. The predicted molar refractivity (Wildman–Crippen MR) is 249 cm³/mol. The highest BCUT2D eigenvalue weighted by molar-refractivity contribution is 7.10. The van der Waals surface area contributed by atoms with Gasteiger partial charge in [0.2, 0.25) is 5.91 Å². The Bertz CT molecular complexity index is 2230. The molecule has 5 heterocycles. The number of carbonyl (C=O) groups is 3. The number of hydrogen-bond acceptors (Lipinski definition) is 10. The van der Waals surface area contributed by atoms with E-state index in [9.17, 15) is 23.2 Å². The van der Waals surface area contributed by atoms with Crippen molar-refractivity contribution < 1.29 is 32.6 Å². The fraction of sp³-hybridized carbons (Fsp3) is 0.596. The Morgan fingerprint density at radius 3 is 2.58 bits per heavy atom. The summed E-state index contributed by atoms with van der Waals surface area (Å²) in [4.78, 5) is 57.5. The Balaban J connectivity index is 1.43. The maximum Gasteiger partial charge on any atom is 0.320 e. The number of carbonyl (C=O) groups excluding carboxylic acids is 3. The van der Waals surface area contributed by atoms with Gasteiger partial charge in [-0.2, -0.15) is 0 Å². The first-order valence-corrected chi connectivity index (χ1v) is 23.2. The van der Waals surface area contributed by atoms with Crippen molar-refractivity contribution >= 4 is 51.9 Å². The molecule has 17 heteroatoms. The monoisotopic (exact) mass is 907 g/mol. The van der Waals surface area contributed by atoms with Gasteiger partial charge in [-0.25, -0.2) is 24.0 Å². The molecule has 14 nitrogen and oxygen atoms in total. The maximum atomic E-state index is 14.6. The van der Waals surface area contributed by atoms with Crippen LogP contribution in [0.15, 0.2) is 46.9 Å². The summed E-state index contributed by atoms with van der Waals surface area (Å²) in [6.45, 7) is 17.5. The number of nitrogens with zero attached hydrogens (tertiary/aromatic N) is 7. The van der Waals surface area contributed by atoms with Crippen LogP contribution in [-0.4, -0.2) is 151 Å². The van der Waals surface area contributed by atoms with Crippen LogP contribution >= 0.6 is 11.3 Å². The highest BCUT2D eigenvalue weighted by Crippen LogP contribution is 2.40. The Labute approximate surface area is 380 Å². The molecule has 1 aromatic carbocycles. The van der Waals surface area contributed by atoms with E-state index in [0.717, 1.165) is 29.4 Å². The van der Waals surface area contributed by atoms with Crippen molar-refractivity contribution in [3.63, 3.8) is 0 Å². The second kappa shape index (κ2) is 20.7. The Morgan fingerprint density at radius 1 is 1.20 bits per heavy atom. The van der Waals surface area contributed by atoms with Crippen molar-refractivity contribution in [2.24, 2.45) is 16.3 Å². The summed E-state index contributed by atoms with van der Waals surface area (Å²) in [7, 11) is 7.20. The molecule has 2 N–H and O–H groups in total. The Morgan fingerprint density at radius 2 is 1.94 bits per heavy atom. The lowest BCUT2D eigenvalue weighted by Crippen LogP contribution is -2.65. The number of halogens is 2. The lowest BCUT2D eigenvalue weighted by atomic mass is 9.84. The summed E-state index contributed by atoms with van der Waals surface area (Å²) < 4.78 is 43.2. The molecule has 3 aliphatic rings. The van der Waals surface area contributed by atoms with Crippen molar-refractivity contribution in [1.29, 1.82) is 0 Å². The number of nitrogens with one attached hydrogen (secondary N) is 2. The number of alkyl halides is 2. The van der Waals surface area contributed by atoms with E-state index in [-0.39, 0.29) is 36.4 Å². The quantitative estimate of drug-likeness (QED) is 0.156. The summed E-state index contributed by atoms with van der Waals surface area (Å²) in [5, 5.41) is 7.98. The van der Waals surface area contributed by atoms with Gasteiger partial charge in [-0.3, -0.25) is 19.6 Å². The van der Waals surface area contributed by atoms with Crippen LogP contribution in [0, 0.1) is 11.3 Å². The molecule has 2 fully saturated rings. The lowest BCUT2D eigenvalue weighted by molar-refractivity contribution is -0.143. The molecule has 64 heavy (non-hydrogen) atoms. The van der Waals surface area contributed by atoms with E-state index in [4.69, 9.17) is 14.5 Å². The molecule has 6 bridgehead atoms. The van der Waals surface area contributed by atoms with Gasteiger partial charge >= 0.3 is 6.03 Å². The normalized spacial score (nSPS) is 21.3. The molecule has 6 rings (SSSR count). The second-order valence-electron chi connectivity index (χ2n) is 18.6. The van der Waals surface area contributed by atoms with Gasteiger partial charge in [-0.05, 0) is 76.2 Å². The molecule has 3 aromatic rings. The topological polar surface area (TPSA) is 137 Å². The maximum absolute atomic E-state index is 14.6. The predicted octanol–water partition coefficient (Wildman–Crippen LogP) is 6.50. The minimum absolute atomic E-state index is 0.107. The number of ether oxygens (including phenoxy) is 2. The Kier molecular flexibility index (Phi) is 15.8. The van der Waals surface area contributed by atoms with Crippen LogP contribution in [0.25, 0.3) is 27.7 Å². The van der Waals surface area contributed by atoms with Gasteiger partial charge in [0.05, 0.1) is 48.0 Å². The number of allylic oxidation sites excluding steroid dienone is 2. The van der Waals surface area contributed by atoms with Crippen LogP contribution in [0.1, 0.15) is 70.6 Å². The standard InChI is InChI=1S/C47H67F2N9O5S/c1-12-33(41(50-13-2)29(5)62-11)43-35-21-47(6,7)27-63-25-31-15-14-18-58(53-31)45(60)36(52-44(59)42(28(3)4)55(10)46(61)56-22-32(23-56)54(8)9)20-40-51-37(26-64-40)30-16-17-38(34(35)19-30)57(43)24-39(48)49/h12-13,16-17,19,26,28-29,31-32,36,39,42,53H,1,14-15,18,20-25,27H2,2-11H3,(H,52,59)/b41-33+,50-13?/t29-,31-,36-,42-/m0/s1. The van der Waals surface area contributed by atoms with Gasteiger partial charge in [0, 0.05) is 85.9 Å². The number of methoxy groups -OCH3 is 1. The summed E-state index contributed by atoms with van der Waals surface area (Å²) in [5.74, 6) is -0.971. The van der Waals surface area contributed by atoms with Crippen LogP contribution in [0.4, 0.5) is 13.6 Å². The molecule has 2 saturated heterocycles. The molecular formula is C47H67F2N9O5S. The number of urea groups is 1. The zero-order chi connectivity index (χ0) is 46.6. The third-order valence-electron chi connectivity index (χ3n) is 12.6. The second-order valence-corrected chi connectivity index (χ2v) is 19.6. The number of thiazole rings is 1. The summed E-state index contributed by atoms with van der Waals surface area (Å²) in [5.41, 5.74) is 7.59. The SMILES string of the molecule is C=C/C(=C(\N=CC)[C@H](C)OC)c1c2c3cc(ccc3n1CC(F)F)-c1csc(n1)C[C@H](NC(=O)[C@H](C(C)C)N(C)C(=O)N1CC(N(C)C)C1)C(=O)N1CCC[C@@H](COCC(C)(C)C2)N1. The number of fused-ring (bicyclic) bond motifs is 6. The van der Waals surface area contributed by atoms with E-state index >= 15 is 0 Å². The molecule has 0 aliphatic carbocycles. The number of hydrogen-bond donors (Lipinski definition) is 2. The largest absolute Gasteiger partial charge is 0.379 e. The molecule has 0 radical (unpaired) electrons. The fourth-order valence-corrected chi connectivity index (χ4v) is 9.92. The van der Waals surface area contributed by atoms with Gasteiger partial charge in [0.15, 0.2) is 0 Å². The average Bonchev–Trinajstić information content (AvgIpc) is 3.80. The number of aliphatic imine (C=N–C) groups is 1. The summed E-state index contributed by atoms with van der Waals surface area (Å²) >= 11 is 1.38. The van der Waals surface area contributed by atoms with E-state index in [1.165, 1.54) is 16.2 Å². The summed E-state index contributed by atoms with van der Waals surface area (Å²) in [6.07, 6.45) is 2.30. The number of aromatic nitrogens is 2. The van der Waals surface area contributed by atoms with Gasteiger partial charge in [-0.1, -0.05) is 46.4 Å². The smallest absolute Gasteiger partial charge is 0.320 e. The number of likely N-dealkylation sites (tertiary alicyclic amines) is 1. The van der Waals surface area contributed by atoms with Crippen LogP contribution in [0.5, 0.6) is 0 Å². The summed E-state index contributed by atoms with van der Waals surface area (Å²) in [6, 6.07) is 3.75. The molecule has 4 atom stereocenters. The number of amides is 4. The fourth-order valence-electron chi connectivity index (χ4n) is 9.07. The van der Waals surface area contributed by atoms with Crippen molar-refractivity contribution in [2.45, 2.75) is 110 Å². The van der Waals surface area contributed by atoms with Gasteiger partial charge < -0.3 is 34.1 Å². The zero-order valence-electron chi connectivity index (χ0n) is 39.1.